The van der Waals surface area contributed by atoms with E-state index in [0.29, 0.717) is 15.7 Å². The van der Waals surface area contributed by atoms with E-state index in [-0.39, 0.29) is 5.91 Å². The summed E-state index contributed by atoms with van der Waals surface area (Å²) in [7, 11) is 0. The first kappa shape index (κ1) is 15.7. The molecule has 2 aromatic rings. The number of rotatable bonds is 5. The van der Waals surface area contributed by atoms with Crippen LogP contribution in [0.15, 0.2) is 64.5 Å². The highest BCUT2D eigenvalue weighted by Crippen LogP contribution is 2.28. The Morgan fingerprint density at radius 2 is 2.10 bits per heavy atom. The van der Waals surface area contributed by atoms with E-state index in [1.807, 2.05) is 30.3 Å². The van der Waals surface area contributed by atoms with Crippen LogP contribution >= 0.6 is 27.7 Å². The zero-order chi connectivity index (χ0) is 15.2. The van der Waals surface area contributed by atoms with Gasteiger partial charge in [0.15, 0.2) is 0 Å². The molecule has 0 radical (unpaired) electrons. The first-order valence-electron chi connectivity index (χ1n) is 6.31. The summed E-state index contributed by atoms with van der Waals surface area (Å²) in [6.07, 6.45) is 1.83. The zero-order valence-electron chi connectivity index (χ0n) is 11.3. The van der Waals surface area contributed by atoms with Crippen molar-refractivity contribution in [2.75, 3.05) is 16.8 Å². The molecule has 2 rings (SSSR count). The molecular formula is C16H15BrN2OS. The number of hydrogen-bond acceptors (Lipinski definition) is 3. The van der Waals surface area contributed by atoms with Gasteiger partial charge in [-0.2, -0.15) is 0 Å². The number of hydrogen-bond donors (Lipinski definition) is 2. The summed E-state index contributed by atoms with van der Waals surface area (Å²) in [5.41, 5.74) is 7.68. The summed E-state index contributed by atoms with van der Waals surface area (Å²) in [5, 5.41) is 2.93. The van der Waals surface area contributed by atoms with Crippen molar-refractivity contribution in [3.05, 3.63) is 65.2 Å². The van der Waals surface area contributed by atoms with Crippen molar-refractivity contribution >= 4 is 45.0 Å². The summed E-state index contributed by atoms with van der Waals surface area (Å²) >= 11 is 4.96. The van der Waals surface area contributed by atoms with Gasteiger partial charge in [-0.25, -0.2) is 0 Å². The largest absolute Gasteiger partial charge is 0.398 e. The van der Waals surface area contributed by atoms with Gasteiger partial charge in [-0.3, -0.25) is 4.79 Å². The lowest BCUT2D eigenvalue weighted by Gasteiger charge is -2.10. The maximum Gasteiger partial charge on any atom is 0.255 e. The lowest BCUT2D eigenvalue weighted by atomic mass is 10.2. The van der Waals surface area contributed by atoms with Gasteiger partial charge in [-0.1, -0.05) is 18.2 Å². The molecule has 0 aliphatic heterocycles. The molecule has 1 amide bonds. The maximum absolute atomic E-state index is 12.3. The molecule has 21 heavy (non-hydrogen) atoms. The third-order valence-corrected chi connectivity index (χ3v) is 4.51. The number of benzene rings is 2. The molecule has 0 atom stereocenters. The average Bonchev–Trinajstić information content (AvgIpc) is 2.49. The second kappa shape index (κ2) is 7.33. The van der Waals surface area contributed by atoms with Gasteiger partial charge >= 0.3 is 0 Å². The molecule has 0 aliphatic carbocycles. The van der Waals surface area contributed by atoms with Crippen molar-refractivity contribution in [1.82, 2.24) is 0 Å². The van der Waals surface area contributed by atoms with Crippen molar-refractivity contribution in [1.29, 1.82) is 0 Å². The summed E-state index contributed by atoms with van der Waals surface area (Å²) in [4.78, 5) is 13.3. The van der Waals surface area contributed by atoms with E-state index in [0.717, 1.165) is 16.3 Å². The molecule has 108 valence electrons. The fourth-order valence-electron chi connectivity index (χ4n) is 1.71. The van der Waals surface area contributed by atoms with E-state index in [1.165, 1.54) is 0 Å². The van der Waals surface area contributed by atoms with Gasteiger partial charge in [0, 0.05) is 26.4 Å². The third-order valence-electron chi connectivity index (χ3n) is 2.75. The molecular weight excluding hydrogens is 348 g/mol. The van der Waals surface area contributed by atoms with Crippen LogP contribution in [0.25, 0.3) is 0 Å². The molecule has 0 saturated heterocycles. The van der Waals surface area contributed by atoms with E-state index in [1.54, 1.807) is 30.0 Å². The SMILES string of the molecule is C=CCSc1ccccc1NC(=O)c1ccc(N)c(Br)c1. The molecule has 0 spiro atoms. The van der Waals surface area contributed by atoms with Crippen LogP contribution in [0.3, 0.4) is 0 Å². The van der Waals surface area contributed by atoms with E-state index in [9.17, 15) is 4.79 Å². The van der Waals surface area contributed by atoms with Gasteiger partial charge in [0.2, 0.25) is 0 Å². The standard InChI is InChI=1S/C16H15BrN2OS/c1-2-9-21-15-6-4-3-5-14(15)19-16(20)11-7-8-13(18)12(17)10-11/h2-8,10H,1,9,18H2,(H,19,20). The second-order valence-electron chi connectivity index (χ2n) is 4.29. The number of para-hydroxylation sites is 1. The Kier molecular flexibility index (Phi) is 5.47. The second-order valence-corrected chi connectivity index (χ2v) is 6.20. The van der Waals surface area contributed by atoms with Gasteiger partial charge in [0.1, 0.15) is 0 Å². The molecule has 0 saturated carbocycles. The lowest BCUT2D eigenvalue weighted by molar-refractivity contribution is 0.102. The molecule has 0 bridgehead atoms. The number of nitrogen functional groups attached to an aromatic ring is 1. The van der Waals surface area contributed by atoms with Crippen molar-refractivity contribution in [3.8, 4) is 0 Å². The molecule has 0 aliphatic rings. The summed E-state index contributed by atoms with van der Waals surface area (Å²) in [5.74, 6) is 0.627. The quantitative estimate of drug-likeness (QED) is 0.465. The van der Waals surface area contributed by atoms with Crippen LogP contribution in [0.4, 0.5) is 11.4 Å². The maximum atomic E-state index is 12.3. The number of carbonyl (C=O) groups is 1. The molecule has 0 fully saturated rings. The van der Waals surface area contributed by atoms with Gasteiger partial charge in [0.25, 0.3) is 5.91 Å². The molecule has 3 nitrogen and oxygen atoms in total. The highest BCUT2D eigenvalue weighted by atomic mass is 79.9. The van der Waals surface area contributed by atoms with E-state index in [4.69, 9.17) is 5.73 Å². The van der Waals surface area contributed by atoms with Gasteiger partial charge < -0.3 is 11.1 Å². The van der Waals surface area contributed by atoms with Crippen LogP contribution in [-0.2, 0) is 0 Å². The van der Waals surface area contributed by atoms with Crippen LogP contribution in [0.2, 0.25) is 0 Å². The summed E-state index contributed by atoms with van der Waals surface area (Å²) in [6, 6.07) is 12.8. The normalized spacial score (nSPS) is 10.1. The van der Waals surface area contributed by atoms with E-state index >= 15 is 0 Å². The summed E-state index contributed by atoms with van der Waals surface area (Å²) in [6.45, 7) is 3.71. The highest BCUT2D eigenvalue weighted by Gasteiger charge is 2.10. The third kappa shape index (κ3) is 4.12. The van der Waals surface area contributed by atoms with Crippen molar-refractivity contribution in [2.24, 2.45) is 0 Å². The van der Waals surface area contributed by atoms with Crippen LogP contribution in [0.5, 0.6) is 0 Å². The van der Waals surface area contributed by atoms with Gasteiger partial charge in [-0.15, -0.1) is 18.3 Å². The minimum absolute atomic E-state index is 0.164. The fourth-order valence-corrected chi connectivity index (χ4v) is 2.83. The first-order chi connectivity index (χ1) is 10.1. The van der Waals surface area contributed by atoms with Gasteiger partial charge in [-0.05, 0) is 46.3 Å². The smallest absolute Gasteiger partial charge is 0.255 e. The Labute approximate surface area is 136 Å². The number of nitrogens with two attached hydrogens (primary N) is 1. The zero-order valence-corrected chi connectivity index (χ0v) is 13.7. The van der Waals surface area contributed by atoms with Gasteiger partial charge in [0.05, 0.1) is 5.69 Å². The number of anilines is 2. The van der Waals surface area contributed by atoms with Crippen LogP contribution in [-0.4, -0.2) is 11.7 Å². The Bertz CT molecular complexity index is 673. The van der Waals surface area contributed by atoms with Crippen LogP contribution in [0, 0.1) is 0 Å². The minimum atomic E-state index is -0.164. The molecule has 3 N–H and O–H groups in total. The Hall–Kier alpha value is -1.72. The molecule has 2 aromatic carbocycles. The van der Waals surface area contributed by atoms with E-state index in [2.05, 4.69) is 27.8 Å². The van der Waals surface area contributed by atoms with Crippen LogP contribution < -0.4 is 11.1 Å². The van der Waals surface area contributed by atoms with Crippen molar-refractivity contribution in [2.45, 2.75) is 4.90 Å². The Balaban J connectivity index is 2.19. The number of nitrogens with one attached hydrogen (secondary N) is 1. The predicted molar refractivity (Wildman–Crippen MR) is 93.9 cm³/mol. The lowest BCUT2D eigenvalue weighted by Crippen LogP contribution is -2.12. The predicted octanol–water partition coefficient (Wildman–Crippen LogP) is 4.56. The molecule has 0 aromatic heterocycles. The van der Waals surface area contributed by atoms with Crippen molar-refractivity contribution < 1.29 is 4.79 Å². The topological polar surface area (TPSA) is 55.1 Å². The average molecular weight is 363 g/mol. The molecule has 0 heterocycles. The highest BCUT2D eigenvalue weighted by molar-refractivity contribution is 9.10. The number of carbonyl (C=O) groups excluding carboxylic acids is 1. The molecule has 5 heteroatoms. The first-order valence-corrected chi connectivity index (χ1v) is 8.09. The van der Waals surface area contributed by atoms with Crippen LogP contribution in [0.1, 0.15) is 10.4 Å². The monoisotopic (exact) mass is 362 g/mol. The summed E-state index contributed by atoms with van der Waals surface area (Å²) < 4.78 is 0.712. The Morgan fingerprint density at radius 3 is 2.81 bits per heavy atom. The van der Waals surface area contributed by atoms with E-state index < -0.39 is 0 Å². The number of thioether (sulfide) groups is 1. The van der Waals surface area contributed by atoms with Crippen molar-refractivity contribution in [3.63, 3.8) is 0 Å². The number of halogens is 1. The number of amides is 1. The molecule has 0 unspecified atom stereocenters. The Morgan fingerprint density at radius 1 is 1.33 bits per heavy atom. The minimum Gasteiger partial charge on any atom is -0.398 e. The fraction of sp³-hybridized carbons (Fsp3) is 0.0625.